The number of alkyl halides is 3. The summed E-state index contributed by atoms with van der Waals surface area (Å²) < 4.78 is 44.4. The first-order valence-corrected chi connectivity index (χ1v) is 13.0. The molecular formula is C30H24F3N9O. The van der Waals surface area contributed by atoms with Gasteiger partial charge < -0.3 is 20.9 Å². The minimum Gasteiger partial charge on any atom is -0.384 e. The first-order chi connectivity index (χ1) is 20.5. The fourth-order valence-corrected chi connectivity index (χ4v) is 4.60. The van der Waals surface area contributed by atoms with Gasteiger partial charge in [-0.2, -0.15) is 13.2 Å². The molecule has 0 unspecified atom stereocenters. The molecule has 10 nitrogen and oxygen atoms in total. The maximum Gasteiger partial charge on any atom is 0.416 e. The van der Waals surface area contributed by atoms with Crippen molar-refractivity contribution in [1.82, 2.24) is 29.1 Å². The molecule has 6 rings (SSSR count). The quantitative estimate of drug-likeness (QED) is 0.213. The number of carbonyl (C=O) groups excluding carboxylic acids is 1. The number of nitrogens with one attached hydrogen (secondary N) is 2. The molecule has 0 saturated carbocycles. The van der Waals surface area contributed by atoms with E-state index in [0.29, 0.717) is 34.4 Å². The van der Waals surface area contributed by atoms with Gasteiger partial charge in [0.1, 0.15) is 18.0 Å². The number of hydrogen-bond donors (Lipinski definition) is 3. The second kappa shape index (κ2) is 10.6. The Balaban J connectivity index is 1.33. The van der Waals surface area contributed by atoms with Crippen molar-refractivity contribution < 1.29 is 18.0 Å². The van der Waals surface area contributed by atoms with E-state index in [9.17, 15) is 18.0 Å². The highest BCUT2D eigenvalue weighted by Gasteiger charge is 2.32. The molecule has 0 atom stereocenters. The lowest BCUT2D eigenvalue weighted by Gasteiger charge is -2.15. The third kappa shape index (κ3) is 5.60. The Morgan fingerprint density at radius 2 is 1.77 bits per heavy atom. The first kappa shape index (κ1) is 27.4. The number of halogens is 3. The van der Waals surface area contributed by atoms with E-state index in [1.165, 1.54) is 23.3 Å². The van der Waals surface area contributed by atoms with Crippen molar-refractivity contribution in [3.05, 3.63) is 108 Å². The lowest BCUT2D eigenvalue weighted by molar-refractivity contribution is -0.137. The van der Waals surface area contributed by atoms with Crippen molar-refractivity contribution in [2.45, 2.75) is 20.0 Å². The fourth-order valence-electron chi connectivity index (χ4n) is 4.60. The summed E-state index contributed by atoms with van der Waals surface area (Å²) in [4.78, 5) is 30.4. The maximum atomic E-state index is 13.7. The van der Waals surface area contributed by atoms with Gasteiger partial charge in [-0.15, -0.1) is 0 Å². The number of amides is 1. The number of nitrogen functional groups attached to an aromatic ring is 1. The van der Waals surface area contributed by atoms with Crippen LogP contribution in [-0.2, 0) is 6.18 Å². The molecule has 1 amide bonds. The molecule has 3 aromatic heterocycles. The number of anilines is 4. The number of imidazole rings is 2. The summed E-state index contributed by atoms with van der Waals surface area (Å²) in [6.07, 6.45) is -0.315. The summed E-state index contributed by atoms with van der Waals surface area (Å²) in [5.41, 5.74) is 8.88. The highest BCUT2D eigenvalue weighted by Crippen LogP contribution is 2.33. The molecule has 0 saturated heterocycles. The number of benzene rings is 3. The monoisotopic (exact) mass is 583 g/mol. The SMILES string of the molecule is Cc1cn(-c2cc(C(=O)Nc3ccc(C)c(Nc4nc5ccccc5n4-c4cc(N)ncn4)c3)cc(C(F)(F)F)c2)cn1. The number of nitrogens with zero attached hydrogens (tertiary/aromatic N) is 6. The molecule has 13 heteroatoms. The van der Waals surface area contributed by atoms with E-state index >= 15 is 0 Å². The number of fused-ring (bicyclic) bond motifs is 1. The number of hydrogen-bond acceptors (Lipinski definition) is 7. The summed E-state index contributed by atoms with van der Waals surface area (Å²) >= 11 is 0. The van der Waals surface area contributed by atoms with Gasteiger partial charge in [-0.3, -0.25) is 9.36 Å². The van der Waals surface area contributed by atoms with Gasteiger partial charge in [0, 0.05) is 34.9 Å². The summed E-state index contributed by atoms with van der Waals surface area (Å²) in [7, 11) is 0. The van der Waals surface area contributed by atoms with E-state index in [0.717, 1.165) is 23.2 Å². The van der Waals surface area contributed by atoms with E-state index in [2.05, 4.69) is 25.6 Å². The third-order valence-corrected chi connectivity index (χ3v) is 6.72. The summed E-state index contributed by atoms with van der Waals surface area (Å²) in [5.74, 6) is 0.515. The molecule has 3 aromatic carbocycles. The normalized spacial score (nSPS) is 11.6. The van der Waals surface area contributed by atoms with E-state index in [-0.39, 0.29) is 17.1 Å². The van der Waals surface area contributed by atoms with Gasteiger partial charge in [0.25, 0.3) is 5.91 Å². The Morgan fingerprint density at radius 3 is 2.51 bits per heavy atom. The summed E-state index contributed by atoms with van der Waals surface area (Å²) in [6.45, 7) is 3.59. The molecule has 0 aliphatic rings. The summed E-state index contributed by atoms with van der Waals surface area (Å²) in [5, 5.41) is 6.02. The largest absolute Gasteiger partial charge is 0.416 e. The maximum absolute atomic E-state index is 13.7. The van der Waals surface area contributed by atoms with Crippen LogP contribution in [0.1, 0.15) is 27.2 Å². The Bertz CT molecular complexity index is 2000. The highest BCUT2D eigenvalue weighted by atomic mass is 19.4. The smallest absolute Gasteiger partial charge is 0.384 e. The molecule has 0 aliphatic heterocycles. The predicted molar refractivity (Wildman–Crippen MR) is 157 cm³/mol. The molecule has 0 radical (unpaired) electrons. The number of aromatic nitrogens is 6. The molecule has 4 N–H and O–H groups in total. The number of rotatable bonds is 6. The van der Waals surface area contributed by atoms with E-state index in [4.69, 9.17) is 10.7 Å². The average Bonchev–Trinajstić information content (AvgIpc) is 3.57. The zero-order valence-electron chi connectivity index (χ0n) is 22.9. The van der Waals surface area contributed by atoms with E-state index < -0.39 is 17.6 Å². The van der Waals surface area contributed by atoms with Crippen molar-refractivity contribution in [1.29, 1.82) is 0 Å². The molecule has 3 heterocycles. The van der Waals surface area contributed by atoms with Gasteiger partial charge in [0.05, 0.1) is 28.6 Å². The minimum absolute atomic E-state index is 0.158. The second-order valence-electron chi connectivity index (χ2n) is 9.86. The topological polar surface area (TPSA) is 129 Å². The summed E-state index contributed by atoms with van der Waals surface area (Å²) in [6, 6.07) is 17.4. The minimum atomic E-state index is -4.65. The lowest BCUT2D eigenvalue weighted by atomic mass is 10.1. The molecule has 43 heavy (non-hydrogen) atoms. The van der Waals surface area contributed by atoms with Crippen LogP contribution in [0.3, 0.4) is 0 Å². The molecule has 0 aliphatic carbocycles. The molecule has 216 valence electrons. The van der Waals surface area contributed by atoms with Crippen LogP contribution < -0.4 is 16.4 Å². The second-order valence-corrected chi connectivity index (χ2v) is 9.86. The van der Waals surface area contributed by atoms with E-state index in [1.54, 1.807) is 42.0 Å². The number of carbonyl (C=O) groups is 1. The number of para-hydroxylation sites is 2. The lowest BCUT2D eigenvalue weighted by Crippen LogP contribution is -2.15. The van der Waals surface area contributed by atoms with Crippen molar-refractivity contribution in [3.63, 3.8) is 0 Å². The van der Waals surface area contributed by atoms with Crippen LogP contribution in [0.4, 0.5) is 36.3 Å². The molecule has 6 aromatic rings. The Hall–Kier alpha value is -5.72. The average molecular weight is 584 g/mol. The highest BCUT2D eigenvalue weighted by molar-refractivity contribution is 6.05. The molecular weight excluding hydrogens is 559 g/mol. The van der Waals surface area contributed by atoms with Crippen molar-refractivity contribution in [2.24, 2.45) is 0 Å². The molecule has 0 spiro atoms. The Morgan fingerprint density at radius 1 is 0.953 bits per heavy atom. The van der Waals surface area contributed by atoms with Gasteiger partial charge in [0.15, 0.2) is 0 Å². The van der Waals surface area contributed by atoms with Crippen LogP contribution in [0.5, 0.6) is 0 Å². The number of aryl methyl sites for hydroxylation is 2. The van der Waals surface area contributed by atoms with Crippen molar-refractivity contribution >= 4 is 40.1 Å². The molecule has 0 bridgehead atoms. The van der Waals surface area contributed by atoms with Crippen molar-refractivity contribution in [3.8, 4) is 11.5 Å². The van der Waals surface area contributed by atoms with Crippen LogP contribution >= 0.6 is 0 Å². The Labute approximate surface area is 243 Å². The van der Waals surface area contributed by atoms with Crippen molar-refractivity contribution in [2.75, 3.05) is 16.4 Å². The zero-order valence-corrected chi connectivity index (χ0v) is 22.9. The van der Waals surface area contributed by atoms with Gasteiger partial charge in [-0.05, 0) is 61.9 Å². The number of nitrogens with two attached hydrogens (primary N) is 1. The predicted octanol–water partition coefficient (Wildman–Crippen LogP) is 6.21. The van der Waals surface area contributed by atoms with Gasteiger partial charge in [-0.1, -0.05) is 18.2 Å². The first-order valence-electron chi connectivity index (χ1n) is 13.0. The Kier molecular flexibility index (Phi) is 6.76. The van der Waals surface area contributed by atoms with E-state index in [1.807, 2.05) is 31.2 Å². The van der Waals surface area contributed by atoms with Gasteiger partial charge >= 0.3 is 6.18 Å². The van der Waals surface area contributed by atoms with Crippen LogP contribution in [0, 0.1) is 13.8 Å². The van der Waals surface area contributed by atoms with Crippen LogP contribution in [0.2, 0.25) is 0 Å². The molecule has 0 fully saturated rings. The van der Waals surface area contributed by atoms with Gasteiger partial charge in [0.2, 0.25) is 5.95 Å². The van der Waals surface area contributed by atoms with Crippen LogP contribution in [0.25, 0.3) is 22.5 Å². The fraction of sp³-hybridized carbons (Fsp3) is 0.100. The van der Waals surface area contributed by atoms with Crippen LogP contribution in [-0.4, -0.2) is 35.0 Å². The van der Waals surface area contributed by atoms with Crippen LogP contribution in [0.15, 0.2) is 85.6 Å². The zero-order chi connectivity index (χ0) is 30.3. The van der Waals surface area contributed by atoms with Gasteiger partial charge in [-0.25, -0.2) is 19.9 Å². The standard InChI is InChI=1S/C30H24F3N9O/c1-17-7-8-21(38-28(43)19-9-20(30(31,32)33)11-22(10-19)41-14-18(2)37-16-41)12-24(17)40-29-39-23-5-3-4-6-25(23)42(29)27-13-26(34)35-15-36-27/h3-16H,1-2H3,(H,38,43)(H,39,40)(H2,34,35,36). The third-order valence-electron chi connectivity index (χ3n) is 6.72.